The fourth-order valence-corrected chi connectivity index (χ4v) is 7.09. The van der Waals surface area contributed by atoms with Crippen molar-refractivity contribution in [2.45, 2.75) is 160 Å². The average molecular weight is 720 g/mol. The highest BCUT2D eigenvalue weighted by Gasteiger charge is 2.48. The molecule has 9 unspecified atom stereocenters. The lowest BCUT2D eigenvalue weighted by atomic mass is 9.90. The quantitative estimate of drug-likeness (QED) is 0.0469. The smallest absolute Gasteiger partial charge is 0.410 e. The van der Waals surface area contributed by atoms with Gasteiger partial charge in [0.15, 0.2) is 6.10 Å². The molecule has 9 atom stereocenters. The van der Waals surface area contributed by atoms with E-state index in [1.165, 1.54) is 26.4 Å². The molecule has 2 heterocycles. The third kappa shape index (κ3) is 12.5. The van der Waals surface area contributed by atoms with Gasteiger partial charge in [0.05, 0.1) is 30.8 Å². The first-order valence-electron chi connectivity index (χ1n) is 19.0. The number of esters is 1. The molecular formula is C39H65N3O9. The van der Waals surface area contributed by atoms with Crippen LogP contribution in [0.3, 0.4) is 0 Å². The second-order valence-corrected chi connectivity index (χ2v) is 15.2. The van der Waals surface area contributed by atoms with Crippen molar-refractivity contribution >= 4 is 12.1 Å². The Morgan fingerprint density at radius 2 is 1.80 bits per heavy atom. The van der Waals surface area contributed by atoms with Gasteiger partial charge in [0.25, 0.3) is 0 Å². The topological polar surface area (TPSA) is 151 Å². The van der Waals surface area contributed by atoms with Crippen molar-refractivity contribution in [3.63, 3.8) is 0 Å². The molecule has 3 rings (SSSR count). The van der Waals surface area contributed by atoms with Crippen LogP contribution in [-0.2, 0) is 23.7 Å². The highest BCUT2D eigenvalue weighted by molar-refractivity contribution is 5.70. The molecule has 3 aliphatic rings. The summed E-state index contributed by atoms with van der Waals surface area (Å²) in [5.74, 6) is -0.551. The number of aliphatic hydroxyl groups is 2. The van der Waals surface area contributed by atoms with E-state index in [0.29, 0.717) is 44.8 Å². The largest absolute Gasteiger partial charge is 0.458 e. The fourth-order valence-electron chi connectivity index (χ4n) is 7.09. The predicted octanol–water partition coefficient (Wildman–Crippen LogP) is 6.09. The number of nitrogens with zero attached hydrogens (tertiary/aromatic N) is 3. The first kappa shape index (κ1) is 42.8. The van der Waals surface area contributed by atoms with Gasteiger partial charge in [0.1, 0.15) is 17.2 Å². The molecule has 0 spiro atoms. The molecule has 2 aliphatic heterocycles. The summed E-state index contributed by atoms with van der Waals surface area (Å²) in [5, 5.41) is 24.3. The molecule has 2 N–H and O–H groups in total. The van der Waals surface area contributed by atoms with Crippen LogP contribution in [0, 0.1) is 10.8 Å². The predicted molar refractivity (Wildman–Crippen MR) is 197 cm³/mol. The lowest BCUT2D eigenvalue weighted by Crippen LogP contribution is -2.47. The van der Waals surface area contributed by atoms with Crippen LogP contribution in [0.1, 0.15) is 106 Å². The molecule has 1 saturated carbocycles. The number of carbonyl (C=O) groups excluding carboxylic acids is 2. The summed E-state index contributed by atoms with van der Waals surface area (Å²) in [6, 6.07) is 0.639. The lowest BCUT2D eigenvalue weighted by molar-refractivity contribution is -0.150. The monoisotopic (exact) mass is 719 g/mol. The highest BCUT2D eigenvalue weighted by Crippen LogP contribution is 2.39. The van der Waals surface area contributed by atoms with Crippen molar-refractivity contribution in [2.24, 2.45) is 11.1 Å². The van der Waals surface area contributed by atoms with Gasteiger partial charge in [-0.05, 0) is 77.4 Å². The number of rotatable bonds is 21. The zero-order chi connectivity index (χ0) is 37.8. The third-order valence-electron chi connectivity index (χ3n) is 11.2. The number of amides is 1. The van der Waals surface area contributed by atoms with Crippen LogP contribution in [-0.4, -0.2) is 119 Å². The van der Waals surface area contributed by atoms with Crippen molar-refractivity contribution < 1.29 is 38.7 Å². The fraction of sp³-hybridized carbons (Fsp3) is 0.795. The Balaban J connectivity index is 1.47. The van der Waals surface area contributed by atoms with E-state index in [0.717, 1.165) is 25.1 Å². The maximum Gasteiger partial charge on any atom is 0.410 e. The van der Waals surface area contributed by atoms with Crippen molar-refractivity contribution in [3.8, 4) is 0 Å². The minimum atomic E-state index is -0.994. The number of epoxide rings is 1. The molecule has 0 radical (unpaired) electrons. The van der Waals surface area contributed by atoms with Gasteiger partial charge >= 0.3 is 12.1 Å². The number of methoxy groups -OCH3 is 1. The Hall–Kier alpha value is -2.64. The van der Waals surface area contributed by atoms with Crippen LogP contribution in [0.15, 0.2) is 41.6 Å². The summed E-state index contributed by atoms with van der Waals surface area (Å²) in [6.07, 6.45) is 10.0. The van der Waals surface area contributed by atoms with E-state index in [4.69, 9.17) is 18.9 Å². The Kier molecular flexibility index (Phi) is 16.8. The number of hydrogen-bond acceptors (Lipinski definition) is 11. The van der Waals surface area contributed by atoms with E-state index < -0.39 is 47.6 Å². The SMILES string of the molecule is C=CC(OC(=O)N1CCCN(C2CCC2)CC1)C(C)(CCC(O)CC(=O)OC(CC)/C(C)=C/C=C/C(C)(CC1OC1C(C)C(O)CC)N=O)OC. The zero-order valence-electron chi connectivity index (χ0n) is 32.1. The summed E-state index contributed by atoms with van der Waals surface area (Å²) in [4.78, 5) is 42.1. The van der Waals surface area contributed by atoms with Crippen LogP contribution < -0.4 is 0 Å². The molecule has 290 valence electrons. The van der Waals surface area contributed by atoms with Crippen molar-refractivity contribution in [1.82, 2.24) is 9.80 Å². The Bertz CT molecular complexity index is 1210. The Labute approximate surface area is 305 Å². The molecule has 0 aromatic heterocycles. The highest BCUT2D eigenvalue weighted by atomic mass is 16.6. The van der Waals surface area contributed by atoms with E-state index >= 15 is 0 Å². The number of aliphatic hydroxyl groups excluding tert-OH is 2. The number of allylic oxidation sites excluding steroid dienone is 2. The molecule has 12 heteroatoms. The van der Waals surface area contributed by atoms with Gasteiger partial charge in [-0.1, -0.05) is 57.2 Å². The van der Waals surface area contributed by atoms with Crippen LogP contribution in [0.2, 0.25) is 0 Å². The molecule has 0 aromatic carbocycles. The first-order valence-corrected chi connectivity index (χ1v) is 19.0. The standard InChI is InChI=1S/C39H65N3O9/c1-9-31(44)28(5)36-33(50-36)26-38(6,40-47)19-13-15-27(4)32(10-2)49-35(45)25-30(43)18-20-39(7,48-8)34(11-3)51-37(46)42-22-14-21-41(23-24-42)29-16-12-17-29/h11,13,15,19,28-34,36,43-44H,3,9-10,12,14,16-18,20-26H2,1-2,4-8H3/b19-13+,27-15+. The maximum atomic E-state index is 13.2. The zero-order valence-corrected chi connectivity index (χ0v) is 32.1. The molecule has 1 amide bonds. The van der Waals surface area contributed by atoms with E-state index in [-0.39, 0.29) is 31.0 Å². The van der Waals surface area contributed by atoms with Gasteiger partial charge in [-0.2, -0.15) is 0 Å². The van der Waals surface area contributed by atoms with Crippen LogP contribution in [0.4, 0.5) is 4.79 Å². The van der Waals surface area contributed by atoms with Crippen molar-refractivity contribution in [3.05, 3.63) is 41.4 Å². The summed E-state index contributed by atoms with van der Waals surface area (Å²) < 4.78 is 23.2. The first-order chi connectivity index (χ1) is 24.2. The molecule has 2 saturated heterocycles. The number of carbonyl (C=O) groups is 2. The second kappa shape index (κ2) is 20.0. The van der Waals surface area contributed by atoms with Gasteiger partial charge in [-0.15, -0.1) is 4.91 Å². The van der Waals surface area contributed by atoms with Crippen LogP contribution >= 0.6 is 0 Å². The van der Waals surface area contributed by atoms with E-state index in [1.54, 1.807) is 36.1 Å². The lowest BCUT2D eigenvalue weighted by Gasteiger charge is -2.37. The summed E-state index contributed by atoms with van der Waals surface area (Å²) in [5.41, 5.74) is -1.16. The molecule has 51 heavy (non-hydrogen) atoms. The van der Waals surface area contributed by atoms with Gasteiger partial charge in [0, 0.05) is 51.7 Å². The Morgan fingerprint density at radius 1 is 1.08 bits per heavy atom. The minimum absolute atomic E-state index is 0.0175. The van der Waals surface area contributed by atoms with Crippen LogP contribution in [0.5, 0.6) is 0 Å². The van der Waals surface area contributed by atoms with Crippen LogP contribution in [0.25, 0.3) is 0 Å². The summed E-state index contributed by atoms with van der Waals surface area (Å²) in [7, 11) is 1.53. The van der Waals surface area contributed by atoms with Gasteiger partial charge in [-0.25, -0.2) is 4.79 Å². The van der Waals surface area contributed by atoms with E-state index in [1.807, 2.05) is 34.6 Å². The molecule has 3 fully saturated rings. The van der Waals surface area contributed by atoms with E-state index in [2.05, 4.69) is 16.7 Å². The molecule has 0 bridgehead atoms. The number of nitroso groups, excluding NO2 is 1. The third-order valence-corrected chi connectivity index (χ3v) is 11.2. The second-order valence-electron chi connectivity index (χ2n) is 15.2. The van der Waals surface area contributed by atoms with Gasteiger partial charge < -0.3 is 34.1 Å². The average Bonchev–Trinajstić information content (AvgIpc) is 3.89. The molecule has 0 aromatic rings. The Morgan fingerprint density at radius 3 is 2.39 bits per heavy atom. The normalized spacial score (nSPS) is 25.7. The summed E-state index contributed by atoms with van der Waals surface area (Å²) in [6.45, 7) is 18.1. The number of ether oxygens (including phenoxy) is 4. The van der Waals surface area contributed by atoms with E-state index in [9.17, 15) is 24.7 Å². The van der Waals surface area contributed by atoms with Crippen molar-refractivity contribution in [2.75, 3.05) is 33.3 Å². The van der Waals surface area contributed by atoms with Crippen molar-refractivity contribution in [1.29, 1.82) is 0 Å². The molecular weight excluding hydrogens is 654 g/mol. The van der Waals surface area contributed by atoms with Gasteiger partial charge in [-0.3, -0.25) is 9.69 Å². The molecule has 12 nitrogen and oxygen atoms in total. The minimum Gasteiger partial charge on any atom is -0.458 e. The molecule has 1 aliphatic carbocycles. The van der Waals surface area contributed by atoms with Gasteiger partial charge in [0.2, 0.25) is 0 Å². The number of hydrogen-bond donors (Lipinski definition) is 2. The maximum absolute atomic E-state index is 13.2. The summed E-state index contributed by atoms with van der Waals surface area (Å²) >= 11 is 0.